The highest BCUT2D eigenvalue weighted by molar-refractivity contribution is 5.64. The van der Waals surface area contributed by atoms with Gasteiger partial charge in [-0.2, -0.15) is 5.26 Å². The van der Waals surface area contributed by atoms with Gasteiger partial charge in [0.25, 0.3) is 0 Å². The number of hydrogen-bond acceptors (Lipinski definition) is 4. The molecule has 0 saturated carbocycles. The number of nitriles is 1. The summed E-state index contributed by atoms with van der Waals surface area (Å²) in [6.45, 7) is 2.24. The Kier molecular flexibility index (Phi) is 8.08. The Morgan fingerprint density at radius 2 is 1.21 bits per heavy atom. The average Bonchev–Trinajstić information content (AvgIpc) is 2.89. The molecule has 0 aliphatic rings. The van der Waals surface area contributed by atoms with Gasteiger partial charge in [0.1, 0.15) is 18.5 Å². The molecule has 1 atom stereocenters. The van der Waals surface area contributed by atoms with Crippen LogP contribution in [0.4, 0.5) is 0 Å². The number of nitrogens with zero attached hydrogens (tertiary/aromatic N) is 2. The van der Waals surface area contributed by atoms with Gasteiger partial charge in [-0.3, -0.25) is 4.90 Å². The first-order valence-electron chi connectivity index (χ1n) is 11.4. The first-order valence-corrected chi connectivity index (χ1v) is 11.4. The van der Waals surface area contributed by atoms with Crippen molar-refractivity contribution in [2.75, 3.05) is 13.2 Å². The number of hydrogen-bond donors (Lipinski definition) is 1. The summed E-state index contributed by atoms with van der Waals surface area (Å²) in [6, 6.07) is 38.0. The monoisotopic (exact) mass is 448 g/mol. The molecule has 0 fully saturated rings. The Bertz CT molecular complexity index is 1140. The molecule has 0 heterocycles. The van der Waals surface area contributed by atoms with E-state index >= 15 is 0 Å². The smallest absolute Gasteiger partial charge is 0.119 e. The summed E-state index contributed by atoms with van der Waals surface area (Å²) >= 11 is 0. The van der Waals surface area contributed by atoms with E-state index in [0.29, 0.717) is 17.9 Å². The van der Waals surface area contributed by atoms with Crippen LogP contribution in [-0.2, 0) is 13.1 Å². The molecule has 4 aromatic carbocycles. The Balaban J connectivity index is 1.34. The van der Waals surface area contributed by atoms with E-state index in [1.807, 2.05) is 84.9 Å². The molecule has 0 aliphatic heterocycles. The maximum Gasteiger partial charge on any atom is 0.119 e. The standard InChI is InChI=1S/C30H28N2O2/c31-19-24-11-13-27(14-12-24)28-15-17-30(18-16-28)34-23-29(33)22-32(20-25-7-3-1-4-8-25)21-26-9-5-2-6-10-26/h1-18,29,33H,20-23H2/t29-/m1/s1. The molecule has 0 saturated heterocycles. The molecule has 0 unspecified atom stereocenters. The van der Waals surface area contributed by atoms with Crippen LogP contribution in [0.25, 0.3) is 11.1 Å². The van der Waals surface area contributed by atoms with Crippen LogP contribution >= 0.6 is 0 Å². The lowest BCUT2D eigenvalue weighted by molar-refractivity contribution is 0.0628. The van der Waals surface area contributed by atoms with Crippen molar-refractivity contribution in [2.45, 2.75) is 19.2 Å². The van der Waals surface area contributed by atoms with Gasteiger partial charge in [-0.15, -0.1) is 0 Å². The molecule has 0 radical (unpaired) electrons. The maximum absolute atomic E-state index is 10.7. The Morgan fingerprint density at radius 1 is 0.706 bits per heavy atom. The number of aliphatic hydroxyl groups excluding tert-OH is 1. The third kappa shape index (κ3) is 6.79. The zero-order valence-corrected chi connectivity index (χ0v) is 19.0. The summed E-state index contributed by atoms with van der Waals surface area (Å²) < 4.78 is 5.88. The van der Waals surface area contributed by atoms with Crippen molar-refractivity contribution in [3.8, 4) is 22.9 Å². The van der Waals surface area contributed by atoms with Crippen LogP contribution in [-0.4, -0.2) is 29.3 Å². The average molecular weight is 449 g/mol. The van der Waals surface area contributed by atoms with Crippen molar-refractivity contribution in [2.24, 2.45) is 0 Å². The van der Waals surface area contributed by atoms with Crippen LogP contribution in [0, 0.1) is 11.3 Å². The van der Waals surface area contributed by atoms with E-state index < -0.39 is 6.10 Å². The van der Waals surface area contributed by atoms with E-state index in [1.54, 1.807) is 0 Å². The van der Waals surface area contributed by atoms with Crippen molar-refractivity contribution >= 4 is 0 Å². The van der Waals surface area contributed by atoms with Crippen LogP contribution < -0.4 is 4.74 Å². The molecule has 1 N–H and O–H groups in total. The fraction of sp³-hybridized carbons (Fsp3) is 0.167. The second-order valence-electron chi connectivity index (χ2n) is 8.32. The van der Waals surface area contributed by atoms with Crippen LogP contribution in [0.1, 0.15) is 16.7 Å². The number of benzene rings is 4. The summed E-state index contributed by atoms with van der Waals surface area (Å²) in [5.41, 5.74) is 5.17. The summed E-state index contributed by atoms with van der Waals surface area (Å²) in [5, 5.41) is 19.7. The second-order valence-corrected chi connectivity index (χ2v) is 8.32. The molecule has 4 nitrogen and oxygen atoms in total. The molecule has 4 heteroatoms. The van der Waals surface area contributed by atoms with E-state index in [2.05, 4.69) is 35.2 Å². The summed E-state index contributed by atoms with van der Waals surface area (Å²) in [6.07, 6.45) is -0.620. The molecular weight excluding hydrogens is 420 g/mol. The van der Waals surface area contributed by atoms with Crippen molar-refractivity contribution in [3.63, 3.8) is 0 Å². The van der Waals surface area contributed by atoms with Crippen LogP contribution in [0.5, 0.6) is 5.75 Å². The highest BCUT2D eigenvalue weighted by atomic mass is 16.5. The molecule has 170 valence electrons. The molecule has 0 amide bonds. The molecule has 34 heavy (non-hydrogen) atoms. The minimum Gasteiger partial charge on any atom is -0.491 e. The molecule has 4 aromatic rings. The quantitative estimate of drug-likeness (QED) is 0.340. The van der Waals surface area contributed by atoms with Gasteiger partial charge in [-0.25, -0.2) is 0 Å². The van der Waals surface area contributed by atoms with Crippen molar-refractivity contribution in [1.82, 2.24) is 4.90 Å². The van der Waals surface area contributed by atoms with Gasteiger partial charge in [0.15, 0.2) is 0 Å². The topological polar surface area (TPSA) is 56.5 Å². The fourth-order valence-electron chi connectivity index (χ4n) is 3.89. The van der Waals surface area contributed by atoms with Crippen molar-refractivity contribution < 1.29 is 9.84 Å². The van der Waals surface area contributed by atoms with Crippen molar-refractivity contribution in [1.29, 1.82) is 5.26 Å². The summed E-state index contributed by atoms with van der Waals surface area (Å²) in [5.74, 6) is 0.717. The lowest BCUT2D eigenvalue weighted by atomic mass is 10.0. The third-order valence-corrected chi connectivity index (χ3v) is 5.61. The summed E-state index contributed by atoms with van der Waals surface area (Å²) in [4.78, 5) is 2.24. The molecule has 4 rings (SSSR count). The van der Waals surface area contributed by atoms with Crippen LogP contribution in [0.3, 0.4) is 0 Å². The van der Waals surface area contributed by atoms with E-state index in [9.17, 15) is 5.11 Å². The van der Waals surface area contributed by atoms with Crippen LogP contribution in [0.15, 0.2) is 109 Å². The van der Waals surface area contributed by atoms with Crippen LogP contribution in [0.2, 0.25) is 0 Å². The molecule has 0 aliphatic carbocycles. The minimum atomic E-state index is -0.620. The predicted octanol–water partition coefficient (Wildman–Crippen LogP) is 5.67. The lowest BCUT2D eigenvalue weighted by Gasteiger charge is -2.25. The zero-order valence-electron chi connectivity index (χ0n) is 19.0. The Morgan fingerprint density at radius 3 is 1.71 bits per heavy atom. The molecule has 0 spiro atoms. The van der Waals surface area contributed by atoms with E-state index in [1.165, 1.54) is 11.1 Å². The summed E-state index contributed by atoms with van der Waals surface area (Å²) in [7, 11) is 0. The van der Waals surface area contributed by atoms with Gasteiger partial charge in [0.2, 0.25) is 0 Å². The number of aliphatic hydroxyl groups is 1. The highest BCUT2D eigenvalue weighted by Crippen LogP contribution is 2.23. The van der Waals surface area contributed by atoms with Gasteiger partial charge < -0.3 is 9.84 Å². The van der Waals surface area contributed by atoms with E-state index in [0.717, 1.165) is 24.2 Å². The predicted molar refractivity (Wildman–Crippen MR) is 135 cm³/mol. The third-order valence-electron chi connectivity index (χ3n) is 5.61. The fourth-order valence-corrected chi connectivity index (χ4v) is 3.89. The maximum atomic E-state index is 10.7. The highest BCUT2D eigenvalue weighted by Gasteiger charge is 2.14. The Hall–Kier alpha value is -3.91. The van der Waals surface area contributed by atoms with Gasteiger partial charge >= 0.3 is 0 Å². The van der Waals surface area contributed by atoms with Gasteiger partial charge in [0.05, 0.1) is 11.6 Å². The van der Waals surface area contributed by atoms with Gasteiger partial charge in [-0.1, -0.05) is 84.9 Å². The Labute approximate surface area is 201 Å². The zero-order chi connectivity index (χ0) is 23.6. The number of ether oxygens (including phenoxy) is 1. The molecule has 0 aromatic heterocycles. The first kappa shape index (κ1) is 23.3. The SMILES string of the molecule is N#Cc1ccc(-c2ccc(OC[C@H](O)CN(Cc3ccccc3)Cc3ccccc3)cc2)cc1. The van der Waals surface area contributed by atoms with E-state index in [-0.39, 0.29) is 6.61 Å². The largest absolute Gasteiger partial charge is 0.491 e. The lowest BCUT2D eigenvalue weighted by Crippen LogP contribution is -2.35. The second kappa shape index (κ2) is 11.8. The van der Waals surface area contributed by atoms with Gasteiger partial charge in [0, 0.05) is 19.6 Å². The number of rotatable bonds is 10. The first-order chi connectivity index (χ1) is 16.7. The van der Waals surface area contributed by atoms with Crippen molar-refractivity contribution in [3.05, 3.63) is 126 Å². The molecule has 0 bridgehead atoms. The normalized spacial score (nSPS) is 11.7. The minimum absolute atomic E-state index is 0.219. The van der Waals surface area contributed by atoms with Gasteiger partial charge in [-0.05, 0) is 46.5 Å². The molecular formula is C30H28N2O2. The van der Waals surface area contributed by atoms with E-state index in [4.69, 9.17) is 10.00 Å².